The average Bonchev–Trinajstić information content (AvgIpc) is 2.27. The summed E-state index contributed by atoms with van der Waals surface area (Å²) in [5, 5.41) is 1.57. The maximum atomic E-state index is 2.47. The van der Waals surface area contributed by atoms with E-state index < -0.39 is 8.07 Å². The Kier molecular flexibility index (Phi) is 4.14. The highest BCUT2D eigenvalue weighted by molar-refractivity contribution is 6.95. The minimum Gasteiger partial charge on any atom is -0.0951 e. The second kappa shape index (κ2) is 5.16. The zero-order valence-electron chi connectivity index (χ0n) is 9.46. The third-order valence-corrected chi connectivity index (χ3v) is 8.07. The standard InChI is InChI=1S/C13H20Si/c1-4-12-14(5-2,6-3)13-10-8-7-9-11-13/h4,7-12H,5-6H2,1-3H3. The SMILES string of the molecule is CC=C[Si](CC)(CC)c1ccccc1. The lowest BCUT2D eigenvalue weighted by molar-refractivity contribution is 1.29. The quantitative estimate of drug-likeness (QED) is 0.659. The summed E-state index contributed by atoms with van der Waals surface area (Å²) < 4.78 is 0. The third-order valence-electron chi connectivity index (χ3n) is 3.10. The lowest BCUT2D eigenvalue weighted by atomic mass is 10.4. The Balaban J connectivity index is 3.10. The van der Waals surface area contributed by atoms with Crippen LogP contribution in [0.15, 0.2) is 42.1 Å². The predicted octanol–water partition coefficient (Wildman–Crippen LogP) is 3.50. The molecule has 0 amide bonds. The minimum atomic E-state index is -1.30. The number of rotatable bonds is 4. The summed E-state index contributed by atoms with van der Waals surface area (Å²) in [6.07, 6.45) is 2.23. The fourth-order valence-electron chi connectivity index (χ4n) is 2.08. The third kappa shape index (κ3) is 2.15. The lowest BCUT2D eigenvalue weighted by Crippen LogP contribution is -2.44. The first kappa shape index (κ1) is 11.3. The van der Waals surface area contributed by atoms with E-state index in [9.17, 15) is 0 Å². The van der Waals surface area contributed by atoms with E-state index in [1.807, 2.05) is 0 Å². The van der Waals surface area contributed by atoms with E-state index in [-0.39, 0.29) is 0 Å². The van der Waals surface area contributed by atoms with E-state index in [0.717, 1.165) is 0 Å². The van der Waals surface area contributed by atoms with Gasteiger partial charge < -0.3 is 0 Å². The Hall–Kier alpha value is -0.823. The molecule has 0 fully saturated rings. The maximum Gasteiger partial charge on any atom is 0.109 e. The van der Waals surface area contributed by atoms with Gasteiger partial charge in [-0.15, -0.1) is 0 Å². The number of hydrogen-bond donors (Lipinski definition) is 0. The first-order valence-electron chi connectivity index (χ1n) is 5.48. The molecule has 0 saturated heterocycles. The summed E-state index contributed by atoms with van der Waals surface area (Å²) in [6.45, 7) is 6.78. The molecule has 0 aliphatic rings. The first-order chi connectivity index (χ1) is 6.79. The van der Waals surface area contributed by atoms with Gasteiger partial charge in [0.05, 0.1) is 0 Å². The predicted molar refractivity (Wildman–Crippen MR) is 67.6 cm³/mol. The Morgan fingerprint density at radius 1 is 1.07 bits per heavy atom. The van der Waals surface area contributed by atoms with Crippen LogP contribution in [0.25, 0.3) is 0 Å². The average molecular weight is 204 g/mol. The molecule has 14 heavy (non-hydrogen) atoms. The fraction of sp³-hybridized carbons (Fsp3) is 0.385. The molecular weight excluding hydrogens is 184 g/mol. The molecule has 1 aromatic carbocycles. The fourth-order valence-corrected chi connectivity index (χ4v) is 5.55. The van der Waals surface area contributed by atoms with Crippen molar-refractivity contribution in [1.82, 2.24) is 0 Å². The normalized spacial score (nSPS) is 12.2. The van der Waals surface area contributed by atoms with Crippen molar-refractivity contribution in [3.63, 3.8) is 0 Å². The molecule has 0 spiro atoms. The van der Waals surface area contributed by atoms with Gasteiger partial charge in [0, 0.05) is 0 Å². The van der Waals surface area contributed by atoms with Gasteiger partial charge in [-0.25, -0.2) is 0 Å². The van der Waals surface area contributed by atoms with Gasteiger partial charge in [-0.2, -0.15) is 0 Å². The number of hydrogen-bond acceptors (Lipinski definition) is 0. The van der Waals surface area contributed by atoms with Crippen molar-refractivity contribution < 1.29 is 0 Å². The van der Waals surface area contributed by atoms with Gasteiger partial charge in [0.2, 0.25) is 0 Å². The van der Waals surface area contributed by atoms with Crippen LogP contribution in [0.5, 0.6) is 0 Å². The van der Waals surface area contributed by atoms with Crippen LogP contribution in [-0.4, -0.2) is 8.07 Å². The van der Waals surface area contributed by atoms with Crippen LogP contribution in [-0.2, 0) is 0 Å². The van der Waals surface area contributed by atoms with Gasteiger partial charge in [-0.3, -0.25) is 0 Å². The molecule has 0 N–H and O–H groups in total. The molecular formula is C13H20Si. The highest BCUT2D eigenvalue weighted by atomic mass is 28.3. The summed E-state index contributed by atoms with van der Waals surface area (Å²) in [5.41, 5.74) is 2.47. The smallest absolute Gasteiger partial charge is 0.0951 e. The van der Waals surface area contributed by atoms with E-state index in [1.165, 1.54) is 12.1 Å². The van der Waals surface area contributed by atoms with Crippen molar-refractivity contribution in [1.29, 1.82) is 0 Å². The van der Waals surface area contributed by atoms with Crippen LogP contribution in [0.1, 0.15) is 20.8 Å². The van der Waals surface area contributed by atoms with Gasteiger partial charge in [-0.1, -0.05) is 73.2 Å². The Bertz CT molecular complexity index is 283. The molecule has 0 bridgehead atoms. The molecule has 1 aromatic rings. The number of allylic oxidation sites excluding steroid dienone is 1. The maximum absolute atomic E-state index is 2.47. The van der Waals surface area contributed by atoms with Gasteiger partial charge in [0.1, 0.15) is 8.07 Å². The summed E-state index contributed by atoms with van der Waals surface area (Å²) in [7, 11) is -1.30. The van der Waals surface area contributed by atoms with E-state index in [2.05, 4.69) is 62.9 Å². The molecule has 0 nitrogen and oxygen atoms in total. The molecule has 0 atom stereocenters. The molecule has 0 heterocycles. The van der Waals surface area contributed by atoms with Crippen molar-refractivity contribution in [2.45, 2.75) is 32.9 Å². The first-order valence-corrected chi connectivity index (χ1v) is 7.97. The van der Waals surface area contributed by atoms with Crippen molar-refractivity contribution in [2.75, 3.05) is 0 Å². The van der Waals surface area contributed by atoms with Crippen molar-refractivity contribution in [2.24, 2.45) is 0 Å². The van der Waals surface area contributed by atoms with Crippen molar-refractivity contribution >= 4 is 13.3 Å². The molecule has 0 aromatic heterocycles. The van der Waals surface area contributed by atoms with Gasteiger partial charge in [0.15, 0.2) is 0 Å². The van der Waals surface area contributed by atoms with Crippen LogP contribution in [0, 0.1) is 0 Å². The van der Waals surface area contributed by atoms with Crippen LogP contribution in [0.3, 0.4) is 0 Å². The van der Waals surface area contributed by atoms with E-state index >= 15 is 0 Å². The summed E-state index contributed by atoms with van der Waals surface area (Å²) in [4.78, 5) is 0. The zero-order chi connectivity index (χ0) is 10.4. The van der Waals surface area contributed by atoms with Gasteiger partial charge >= 0.3 is 0 Å². The monoisotopic (exact) mass is 204 g/mol. The highest BCUT2D eigenvalue weighted by Gasteiger charge is 2.27. The largest absolute Gasteiger partial charge is 0.109 e. The summed E-state index contributed by atoms with van der Waals surface area (Å²) >= 11 is 0. The molecule has 76 valence electrons. The summed E-state index contributed by atoms with van der Waals surface area (Å²) in [6, 6.07) is 13.6. The zero-order valence-corrected chi connectivity index (χ0v) is 10.5. The van der Waals surface area contributed by atoms with E-state index in [0.29, 0.717) is 0 Å². The Labute approximate surface area is 88.7 Å². The van der Waals surface area contributed by atoms with Crippen molar-refractivity contribution in [3.8, 4) is 0 Å². The molecule has 0 radical (unpaired) electrons. The van der Waals surface area contributed by atoms with Crippen LogP contribution < -0.4 is 5.19 Å². The van der Waals surface area contributed by atoms with Crippen LogP contribution in [0.2, 0.25) is 12.1 Å². The Morgan fingerprint density at radius 3 is 2.07 bits per heavy atom. The number of benzene rings is 1. The molecule has 1 rings (SSSR count). The minimum absolute atomic E-state index is 1.30. The topological polar surface area (TPSA) is 0 Å². The summed E-state index contributed by atoms with van der Waals surface area (Å²) in [5.74, 6) is 0. The van der Waals surface area contributed by atoms with E-state index in [4.69, 9.17) is 0 Å². The molecule has 0 aliphatic carbocycles. The van der Waals surface area contributed by atoms with Crippen LogP contribution in [0.4, 0.5) is 0 Å². The molecule has 0 aliphatic heterocycles. The molecule has 1 heteroatoms. The second-order valence-electron chi connectivity index (χ2n) is 3.73. The van der Waals surface area contributed by atoms with Gasteiger partial charge in [-0.05, 0) is 6.92 Å². The van der Waals surface area contributed by atoms with E-state index in [1.54, 1.807) is 5.19 Å². The lowest BCUT2D eigenvalue weighted by Gasteiger charge is -2.26. The highest BCUT2D eigenvalue weighted by Crippen LogP contribution is 2.16. The second-order valence-corrected chi connectivity index (χ2v) is 8.37. The molecule has 0 saturated carbocycles. The van der Waals surface area contributed by atoms with Gasteiger partial charge in [0.25, 0.3) is 0 Å². The van der Waals surface area contributed by atoms with Crippen LogP contribution >= 0.6 is 0 Å². The van der Waals surface area contributed by atoms with Crippen molar-refractivity contribution in [3.05, 3.63) is 42.1 Å². The molecule has 0 unspecified atom stereocenters. The Morgan fingerprint density at radius 2 is 1.64 bits per heavy atom.